The third-order valence-electron chi connectivity index (χ3n) is 1.68. The van der Waals surface area contributed by atoms with Gasteiger partial charge in [-0.25, -0.2) is 0 Å². The molecule has 0 radical (unpaired) electrons. The van der Waals surface area contributed by atoms with Crippen molar-refractivity contribution in [3.8, 4) is 0 Å². The fourth-order valence-corrected chi connectivity index (χ4v) is 0.982. The normalized spacial score (nSPS) is 16.1. The predicted octanol–water partition coefficient (Wildman–Crippen LogP) is 0.674. The van der Waals surface area contributed by atoms with Crippen LogP contribution >= 0.6 is 0 Å². The fraction of sp³-hybridized carbons (Fsp3) is 0.900. The summed E-state index contributed by atoms with van der Waals surface area (Å²) in [5, 5.41) is 8.79. The third kappa shape index (κ3) is 5.94. The van der Waals surface area contributed by atoms with Crippen molar-refractivity contribution in [2.75, 3.05) is 6.61 Å². The molecule has 0 amide bonds. The van der Waals surface area contributed by atoms with E-state index in [1.165, 1.54) is 0 Å². The van der Waals surface area contributed by atoms with Crippen molar-refractivity contribution in [3.63, 3.8) is 0 Å². The molecule has 0 fully saturated rings. The van der Waals surface area contributed by atoms with Crippen molar-refractivity contribution in [1.82, 2.24) is 0 Å². The largest absolute Gasteiger partial charge is 0.459 e. The van der Waals surface area contributed by atoms with Crippen LogP contribution in [0.1, 0.15) is 34.1 Å². The second-order valence-electron chi connectivity index (χ2n) is 4.66. The Morgan fingerprint density at radius 3 is 2.36 bits per heavy atom. The van der Waals surface area contributed by atoms with Gasteiger partial charge >= 0.3 is 5.97 Å². The Bertz CT molecular complexity index is 186. The van der Waals surface area contributed by atoms with Crippen LogP contribution in [0.25, 0.3) is 0 Å². The highest BCUT2D eigenvalue weighted by atomic mass is 16.6. The summed E-state index contributed by atoms with van der Waals surface area (Å²) in [6.45, 7) is 7.27. The Morgan fingerprint density at radius 1 is 1.50 bits per heavy atom. The monoisotopic (exact) mass is 203 g/mol. The lowest BCUT2D eigenvalue weighted by Gasteiger charge is -2.23. The van der Waals surface area contributed by atoms with E-state index >= 15 is 0 Å². The van der Waals surface area contributed by atoms with Gasteiger partial charge in [0.05, 0.1) is 0 Å². The van der Waals surface area contributed by atoms with Crippen LogP contribution < -0.4 is 5.73 Å². The van der Waals surface area contributed by atoms with Crippen LogP contribution in [0.15, 0.2) is 0 Å². The molecular weight excluding hydrogens is 182 g/mol. The zero-order chi connectivity index (χ0) is 11.4. The van der Waals surface area contributed by atoms with Crippen LogP contribution in [0.3, 0.4) is 0 Å². The Balaban J connectivity index is 4.00. The molecule has 2 atom stereocenters. The van der Waals surface area contributed by atoms with Crippen molar-refractivity contribution in [2.24, 2.45) is 11.7 Å². The number of aliphatic hydroxyl groups is 1. The van der Waals surface area contributed by atoms with Crippen molar-refractivity contribution >= 4 is 5.97 Å². The molecule has 0 aromatic rings. The summed E-state index contributed by atoms with van der Waals surface area (Å²) in [7, 11) is 0. The number of rotatable bonds is 4. The summed E-state index contributed by atoms with van der Waals surface area (Å²) in [5.74, 6) is -0.379. The molecule has 0 aliphatic rings. The van der Waals surface area contributed by atoms with E-state index in [-0.39, 0.29) is 12.5 Å². The lowest BCUT2D eigenvalue weighted by molar-refractivity contribution is -0.156. The summed E-state index contributed by atoms with van der Waals surface area (Å²) in [5.41, 5.74) is 5.11. The molecule has 0 aromatic heterocycles. The molecule has 0 saturated heterocycles. The molecule has 0 aliphatic carbocycles. The Kier molecular flexibility index (Phi) is 5.08. The summed E-state index contributed by atoms with van der Waals surface area (Å²) in [6, 6.07) is -0.642. The van der Waals surface area contributed by atoms with E-state index in [0.717, 1.165) is 0 Å². The standard InChI is InChI=1S/C10H21NO3/c1-7(6-12)5-8(11)9(13)14-10(2,3)4/h7-8,12H,5-6,11H2,1-4H3. The van der Waals surface area contributed by atoms with E-state index in [1.807, 2.05) is 6.92 Å². The minimum absolute atomic E-state index is 0.0255. The van der Waals surface area contributed by atoms with Crippen LogP contribution in [0.4, 0.5) is 0 Å². The average Bonchev–Trinajstić information content (AvgIpc) is 2.00. The Morgan fingerprint density at radius 2 is 2.00 bits per heavy atom. The number of hydrogen-bond donors (Lipinski definition) is 2. The number of aliphatic hydroxyl groups excluding tert-OH is 1. The Hall–Kier alpha value is -0.610. The molecule has 0 heterocycles. The van der Waals surface area contributed by atoms with Crippen molar-refractivity contribution in [3.05, 3.63) is 0 Å². The summed E-state index contributed by atoms with van der Waals surface area (Å²) in [6.07, 6.45) is 0.450. The first-order valence-electron chi connectivity index (χ1n) is 4.85. The number of esters is 1. The number of hydrogen-bond acceptors (Lipinski definition) is 4. The molecular formula is C10H21NO3. The number of nitrogens with two attached hydrogens (primary N) is 1. The second-order valence-corrected chi connectivity index (χ2v) is 4.66. The van der Waals surface area contributed by atoms with Gasteiger partial charge in [0, 0.05) is 6.61 Å². The fourth-order valence-electron chi connectivity index (χ4n) is 0.982. The number of ether oxygens (including phenoxy) is 1. The molecule has 3 N–H and O–H groups in total. The second kappa shape index (κ2) is 5.32. The van der Waals surface area contributed by atoms with E-state index < -0.39 is 17.6 Å². The van der Waals surface area contributed by atoms with Crippen LogP contribution in [0.5, 0.6) is 0 Å². The first-order valence-corrected chi connectivity index (χ1v) is 4.85. The van der Waals surface area contributed by atoms with Crippen molar-refractivity contribution in [1.29, 1.82) is 0 Å². The van der Waals surface area contributed by atoms with E-state index in [9.17, 15) is 4.79 Å². The van der Waals surface area contributed by atoms with Crippen LogP contribution in [0.2, 0.25) is 0 Å². The van der Waals surface area contributed by atoms with Gasteiger partial charge in [0.1, 0.15) is 11.6 Å². The highest BCUT2D eigenvalue weighted by molar-refractivity contribution is 5.75. The summed E-state index contributed by atoms with van der Waals surface area (Å²) in [4.78, 5) is 11.4. The van der Waals surface area contributed by atoms with Crippen LogP contribution in [-0.2, 0) is 9.53 Å². The zero-order valence-corrected chi connectivity index (χ0v) is 9.41. The molecule has 4 nitrogen and oxygen atoms in total. The maximum Gasteiger partial charge on any atom is 0.323 e. The van der Waals surface area contributed by atoms with Gasteiger partial charge in [-0.05, 0) is 33.1 Å². The van der Waals surface area contributed by atoms with Gasteiger partial charge in [-0.15, -0.1) is 0 Å². The van der Waals surface area contributed by atoms with Crippen LogP contribution in [0, 0.1) is 5.92 Å². The van der Waals surface area contributed by atoms with Crippen molar-refractivity contribution in [2.45, 2.75) is 45.8 Å². The maximum atomic E-state index is 11.4. The highest BCUT2D eigenvalue weighted by Crippen LogP contribution is 2.11. The average molecular weight is 203 g/mol. The van der Waals surface area contributed by atoms with Gasteiger partial charge in [-0.1, -0.05) is 6.92 Å². The number of carbonyl (C=O) groups is 1. The maximum absolute atomic E-state index is 11.4. The molecule has 14 heavy (non-hydrogen) atoms. The van der Waals surface area contributed by atoms with Gasteiger partial charge in [-0.2, -0.15) is 0 Å². The molecule has 0 spiro atoms. The van der Waals surface area contributed by atoms with Crippen molar-refractivity contribution < 1.29 is 14.6 Å². The topological polar surface area (TPSA) is 72.5 Å². The minimum Gasteiger partial charge on any atom is -0.459 e. The molecule has 0 saturated carbocycles. The molecule has 0 bridgehead atoms. The molecule has 0 aromatic carbocycles. The molecule has 2 unspecified atom stereocenters. The molecule has 4 heteroatoms. The zero-order valence-electron chi connectivity index (χ0n) is 9.41. The predicted molar refractivity (Wildman–Crippen MR) is 54.7 cm³/mol. The number of carbonyl (C=O) groups excluding carboxylic acids is 1. The first-order chi connectivity index (χ1) is 6.26. The molecule has 84 valence electrons. The van der Waals surface area contributed by atoms with Gasteiger partial charge in [0.25, 0.3) is 0 Å². The SMILES string of the molecule is CC(CO)CC(N)C(=O)OC(C)(C)C. The van der Waals surface area contributed by atoms with E-state index in [2.05, 4.69) is 0 Å². The molecule has 0 aliphatic heterocycles. The third-order valence-corrected chi connectivity index (χ3v) is 1.68. The lowest BCUT2D eigenvalue weighted by atomic mass is 10.0. The van der Waals surface area contributed by atoms with Gasteiger partial charge < -0.3 is 15.6 Å². The lowest BCUT2D eigenvalue weighted by Crippen LogP contribution is -2.38. The minimum atomic E-state index is -0.642. The first kappa shape index (κ1) is 13.4. The smallest absolute Gasteiger partial charge is 0.323 e. The molecule has 0 rings (SSSR count). The van der Waals surface area contributed by atoms with E-state index in [4.69, 9.17) is 15.6 Å². The van der Waals surface area contributed by atoms with E-state index in [0.29, 0.717) is 6.42 Å². The summed E-state index contributed by atoms with van der Waals surface area (Å²) < 4.78 is 5.10. The van der Waals surface area contributed by atoms with E-state index in [1.54, 1.807) is 20.8 Å². The van der Waals surface area contributed by atoms with Crippen LogP contribution in [-0.4, -0.2) is 29.3 Å². The van der Waals surface area contributed by atoms with Gasteiger partial charge in [0.2, 0.25) is 0 Å². The van der Waals surface area contributed by atoms with Gasteiger partial charge in [-0.3, -0.25) is 4.79 Å². The highest BCUT2D eigenvalue weighted by Gasteiger charge is 2.23. The van der Waals surface area contributed by atoms with Gasteiger partial charge in [0.15, 0.2) is 0 Å². The Labute approximate surface area is 85.4 Å². The summed E-state index contributed by atoms with van der Waals surface area (Å²) >= 11 is 0. The quantitative estimate of drug-likeness (QED) is 0.659.